The van der Waals surface area contributed by atoms with E-state index in [4.69, 9.17) is 16.3 Å². The first-order valence-electron chi connectivity index (χ1n) is 11.4. The second-order valence-corrected chi connectivity index (χ2v) is 8.78. The zero-order valence-electron chi connectivity index (χ0n) is 19.2. The minimum absolute atomic E-state index is 0.0830. The number of nitrogens with one attached hydrogen (secondary N) is 2. The molecule has 7 heteroatoms. The molecular formula is C28H25ClN4O2. The van der Waals surface area contributed by atoms with Crippen LogP contribution in [0.5, 0.6) is 5.75 Å². The number of benzene rings is 3. The zero-order valence-corrected chi connectivity index (χ0v) is 20.0. The van der Waals surface area contributed by atoms with E-state index >= 15 is 0 Å². The molecule has 0 saturated carbocycles. The molecule has 0 aliphatic rings. The van der Waals surface area contributed by atoms with E-state index < -0.39 is 0 Å². The van der Waals surface area contributed by atoms with Crippen molar-refractivity contribution in [2.45, 2.75) is 18.9 Å². The molecule has 0 unspecified atom stereocenters. The van der Waals surface area contributed by atoms with Gasteiger partial charge in [0.1, 0.15) is 11.6 Å². The largest absolute Gasteiger partial charge is 0.497 e. The molecule has 0 bridgehead atoms. The second-order valence-electron chi connectivity index (χ2n) is 8.34. The predicted molar refractivity (Wildman–Crippen MR) is 138 cm³/mol. The number of aromatic nitrogens is 3. The summed E-state index contributed by atoms with van der Waals surface area (Å²) in [4.78, 5) is 21.2. The highest BCUT2D eigenvalue weighted by Crippen LogP contribution is 2.25. The lowest BCUT2D eigenvalue weighted by atomic mass is 10.0. The molecule has 1 atom stereocenters. The van der Waals surface area contributed by atoms with Crippen LogP contribution in [0.2, 0.25) is 5.02 Å². The lowest BCUT2D eigenvalue weighted by Gasteiger charge is -2.20. The number of carbonyl (C=O) groups is 1. The van der Waals surface area contributed by atoms with E-state index in [0.29, 0.717) is 11.4 Å². The summed E-state index contributed by atoms with van der Waals surface area (Å²) in [5, 5.41) is 4.87. The third-order valence-electron chi connectivity index (χ3n) is 6.03. The Labute approximate surface area is 208 Å². The Balaban J connectivity index is 1.43. The van der Waals surface area contributed by atoms with Crippen molar-refractivity contribution < 1.29 is 9.53 Å². The number of fused-ring (bicyclic) bond motifs is 1. The van der Waals surface area contributed by atoms with Gasteiger partial charge in [-0.1, -0.05) is 41.9 Å². The maximum Gasteiger partial charge on any atom is 0.225 e. The number of halogens is 1. The molecular weight excluding hydrogens is 460 g/mol. The Morgan fingerprint density at radius 3 is 2.69 bits per heavy atom. The number of rotatable bonds is 8. The molecule has 2 aromatic heterocycles. The molecule has 0 radical (unpaired) electrons. The summed E-state index contributed by atoms with van der Waals surface area (Å²) in [5.74, 6) is 1.43. The van der Waals surface area contributed by atoms with Gasteiger partial charge in [0, 0.05) is 40.2 Å². The monoisotopic (exact) mass is 484 g/mol. The Morgan fingerprint density at radius 2 is 1.91 bits per heavy atom. The number of nitrogens with zero attached hydrogens (tertiary/aromatic N) is 2. The third kappa shape index (κ3) is 5.08. The standard InChI is InChI=1S/C28H25ClN4O2/c1-35-23-11-12-25-24(17-23)20(18-31-25)16-27(34)32-26(15-19-5-3-2-4-6-19)28-30-13-14-33(28)22-9-7-21(29)8-10-22/h2-14,17-18,26,31H,15-16H2,1H3,(H,32,34)/t26-/m0/s1. The molecule has 6 nitrogen and oxygen atoms in total. The molecule has 1 amide bonds. The fourth-order valence-electron chi connectivity index (χ4n) is 4.30. The SMILES string of the molecule is COc1ccc2[nH]cc(CC(=O)N[C@@H](Cc3ccccc3)c3nccn3-c3ccc(Cl)cc3)c2c1. The summed E-state index contributed by atoms with van der Waals surface area (Å²) in [6.07, 6.45) is 6.37. The van der Waals surface area contributed by atoms with Crippen LogP contribution in [-0.4, -0.2) is 27.6 Å². The van der Waals surface area contributed by atoms with Gasteiger partial charge in [-0.2, -0.15) is 0 Å². The second kappa shape index (κ2) is 10.1. The van der Waals surface area contributed by atoms with Crippen molar-refractivity contribution >= 4 is 28.4 Å². The fourth-order valence-corrected chi connectivity index (χ4v) is 4.42. The first-order chi connectivity index (χ1) is 17.1. The molecule has 0 saturated heterocycles. The molecule has 5 rings (SSSR count). The van der Waals surface area contributed by atoms with Gasteiger partial charge in [-0.15, -0.1) is 0 Å². The summed E-state index contributed by atoms with van der Waals surface area (Å²) in [5.41, 5.74) is 3.92. The molecule has 3 aromatic carbocycles. The molecule has 2 N–H and O–H groups in total. The Bertz CT molecular complexity index is 1440. The molecule has 0 fully saturated rings. The van der Waals surface area contributed by atoms with E-state index in [1.54, 1.807) is 13.3 Å². The van der Waals surface area contributed by atoms with Crippen molar-refractivity contribution in [2.75, 3.05) is 7.11 Å². The minimum Gasteiger partial charge on any atom is -0.497 e. The third-order valence-corrected chi connectivity index (χ3v) is 6.28. The van der Waals surface area contributed by atoms with Gasteiger partial charge in [0.15, 0.2) is 0 Å². The van der Waals surface area contributed by atoms with E-state index in [0.717, 1.165) is 39.3 Å². The van der Waals surface area contributed by atoms with Crippen molar-refractivity contribution in [2.24, 2.45) is 0 Å². The van der Waals surface area contributed by atoms with Gasteiger partial charge in [-0.3, -0.25) is 4.79 Å². The van der Waals surface area contributed by atoms with E-state index in [9.17, 15) is 4.79 Å². The number of carbonyl (C=O) groups excluding carboxylic acids is 1. The number of hydrogen-bond donors (Lipinski definition) is 2. The summed E-state index contributed by atoms with van der Waals surface area (Å²) in [6.45, 7) is 0. The molecule has 35 heavy (non-hydrogen) atoms. The number of methoxy groups -OCH3 is 1. The summed E-state index contributed by atoms with van der Waals surface area (Å²) >= 11 is 6.09. The Kier molecular flexibility index (Phi) is 6.55. The van der Waals surface area contributed by atoms with Crippen LogP contribution in [0.15, 0.2) is 91.4 Å². The van der Waals surface area contributed by atoms with Crippen molar-refractivity contribution in [3.8, 4) is 11.4 Å². The normalized spacial score (nSPS) is 11.9. The van der Waals surface area contributed by atoms with Gasteiger partial charge in [0.2, 0.25) is 5.91 Å². The molecule has 0 aliphatic heterocycles. The number of aromatic amines is 1. The first kappa shape index (κ1) is 22.7. The molecule has 176 valence electrons. The van der Waals surface area contributed by atoms with Gasteiger partial charge in [0.05, 0.1) is 19.6 Å². The summed E-state index contributed by atoms with van der Waals surface area (Å²) in [7, 11) is 1.64. The Morgan fingerprint density at radius 1 is 1.11 bits per heavy atom. The van der Waals surface area contributed by atoms with Crippen molar-refractivity contribution in [3.63, 3.8) is 0 Å². The number of imidazole rings is 1. The average Bonchev–Trinajstić information content (AvgIpc) is 3.52. The van der Waals surface area contributed by atoms with Gasteiger partial charge in [0.25, 0.3) is 0 Å². The molecule has 2 heterocycles. The molecule has 0 spiro atoms. The fraction of sp³-hybridized carbons (Fsp3) is 0.143. The zero-order chi connectivity index (χ0) is 24.2. The van der Waals surface area contributed by atoms with Gasteiger partial charge in [-0.05, 0) is 60.0 Å². The number of H-pyrrole nitrogens is 1. The van der Waals surface area contributed by atoms with Crippen molar-refractivity contribution in [3.05, 3.63) is 113 Å². The smallest absolute Gasteiger partial charge is 0.225 e. The van der Waals surface area contributed by atoms with Crippen LogP contribution in [0.3, 0.4) is 0 Å². The van der Waals surface area contributed by atoms with Crippen LogP contribution in [0.4, 0.5) is 0 Å². The lowest BCUT2D eigenvalue weighted by molar-refractivity contribution is -0.121. The maximum atomic E-state index is 13.3. The van der Waals surface area contributed by atoms with E-state index in [-0.39, 0.29) is 18.4 Å². The van der Waals surface area contributed by atoms with E-state index in [1.807, 2.05) is 77.6 Å². The highest BCUT2D eigenvalue weighted by Gasteiger charge is 2.22. The minimum atomic E-state index is -0.324. The number of hydrogen-bond acceptors (Lipinski definition) is 3. The van der Waals surface area contributed by atoms with Crippen LogP contribution >= 0.6 is 11.6 Å². The van der Waals surface area contributed by atoms with Crippen molar-refractivity contribution in [1.82, 2.24) is 19.9 Å². The number of ether oxygens (including phenoxy) is 1. The predicted octanol–water partition coefficient (Wildman–Crippen LogP) is 5.66. The van der Waals surface area contributed by atoms with Crippen LogP contribution in [-0.2, 0) is 17.6 Å². The highest BCUT2D eigenvalue weighted by molar-refractivity contribution is 6.30. The van der Waals surface area contributed by atoms with Crippen molar-refractivity contribution in [1.29, 1.82) is 0 Å². The first-order valence-corrected chi connectivity index (χ1v) is 11.7. The van der Waals surface area contributed by atoms with Gasteiger partial charge >= 0.3 is 0 Å². The van der Waals surface area contributed by atoms with E-state index in [2.05, 4.69) is 27.4 Å². The van der Waals surface area contributed by atoms with Crippen LogP contribution in [0.1, 0.15) is 23.0 Å². The highest BCUT2D eigenvalue weighted by atomic mass is 35.5. The van der Waals surface area contributed by atoms with Crippen LogP contribution < -0.4 is 10.1 Å². The lowest BCUT2D eigenvalue weighted by Crippen LogP contribution is -2.33. The van der Waals surface area contributed by atoms with E-state index in [1.165, 1.54) is 0 Å². The quantitative estimate of drug-likeness (QED) is 0.298. The average molecular weight is 485 g/mol. The molecule has 5 aromatic rings. The summed E-state index contributed by atoms with van der Waals surface area (Å²) in [6, 6.07) is 23.1. The van der Waals surface area contributed by atoms with Crippen LogP contribution in [0, 0.1) is 0 Å². The Hall–Kier alpha value is -4.03. The maximum absolute atomic E-state index is 13.3. The van der Waals surface area contributed by atoms with Gasteiger partial charge < -0.3 is 19.6 Å². The summed E-state index contributed by atoms with van der Waals surface area (Å²) < 4.78 is 7.35. The topological polar surface area (TPSA) is 71.9 Å². The van der Waals surface area contributed by atoms with Crippen LogP contribution in [0.25, 0.3) is 16.6 Å². The van der Waals surface area contributed by atoms with Gasteiger partial charge in [-0.25, -0.2) is 4.98 Å². The molecule has 0 aliphatic carbocycles. The number of amides is 1.